The van der Waals surface area contributed by atoms with Crippen molar-refractivity contribution < 1.29 is 4.79 Å². The van der Waals surface area contributed by atoms with Crippen LogP contribution in [-0.4, -0.2) is 21.2 Å². The third-order valence-electron chi connectivity index (χ3n) is 5.30. The summed E-state index contributed by atoms with van der Waals surface area (Å²) >= 11 is 1.32. The molecule has 2 aromatic carbocycles. The molecule has 0 bridgehead atoms. The van der Waals surface area contributed by atoms with E-state index in [1.165, 1.54) is 22.9 Å². The number of carbonyl (C=O) groups is 1. The lowest BCUT2D eigenvalue weighted by Crippen LogP contribution is -2.29. The highest BCUT2D eigenvalue weighted by atomic mass is 32.2. The highest BCUT2D eigenvalue weighted by molar-refractivity contribution is 7.99. The van der Waals surface area contributed by atoms with Crippen molar-refractivity contribution in [2.45, 2.75) is 58.3 Å². The Labute approximate surface area is 181 Å². The second kappa shape index (κ2) is 9.94. The predicted molar refractivity (Wildman–Crippen MR) is 124 cm³/mol. The van der Waals surface area contributed by atoms with Crippen LogP contribution in [0.15, 0.2) is 52.4 Å². The molecule has 3 aromatic rings. The monoisotopic (exact) mass is 423 g/mol. The smallest absolute Gasteiger partial charge is 0.262 e. The van der Waals surface area contributed by atoms with Gasteiger partial charge in [0.2, 0.25) is 5.91 Å². The third kappa shape index (κ3) is 5.11. The van der Waals surface area contributed by atoms with Crippen molar-refractivity contribution in [2.24, 2.45) is 0 Å². The lowest BCUT2D eigenvalue weighted by atomic mass is 10.0. The molecule has 30 heavy (non-hydrogen) atoms. The van der Waals surface area contributed by atoms with Gasteiger partial charge in [-0.25, -0.2) is 4.98 Å². The van der Waals surface area contributed by atoms with Crippen LogP contribution in [0.5, 0.6) is 0 Å². The van der Waals surface area contributed by atoms with Crippen LogP contribution in [-0.2, 0) is 11.3 Å². The van der Waals surface area contributed by atoms with Crippen LogP contribution >= 0.6 is 11.8 Å². The number of thioether (sulfide) groups is 1. The van der Waals surface area contributed by atoms with E-state index in [4.69, 9.17) is 0 Å². The van der Waals surface area contributed by atoms with E-state index in [0.29, 0.717) is 22.6 Å². The number of para-hydroxylation sites is 1. The van der Waals surface area contributed by atoms with E-state index in [2.05, 4.69) is 43.2 Å². The molecule has 1 N–H and O–H groups in total. The number of hydrogen-bond acceptors (Lipinski definition) is 4. The van der Waals surface area contributed by atoms with Crippen LogP contribution in [0.2, 0.25) is 0 Å². The van der Waals surface area contributed by atoms with Crippen molar-refractivity contribution in [3.8, 4) is 0 Å². The molecule has 0 fully saturated rings. The number of benzene rings is 2. The quantitative estimate of drug-likeness (QED) is 0.418. The molecular formula is C24H29N3O2S. The Morgan fingerprint density at radius 1 is 1.17 bits per heavy atom. The molecule has 0 aliphatic carbocycles. The lowest BCUT2D eigenvalue weighted by molar-refractivity contribution is -0.119. The fraction of sp³-hybridized carbons (Fsp3) is 0.375. The fourth-order valence-electron chi connectivity index (χ4n) is 3.30. The van der Waals surface area contributed by atoms with Gasteiger partial charge >= 0.3 is 0 Å². The average Bonchev–Trinajstić information content (AvgIpc) is 2.73. The normalized spacial score (nSPS) is 12.1. The summed E-state index contributed by atoms with van der Waals surface area (Å²) in [5.74, 6) is 0.140. The Morgan fingerprint density at radius 2 is 1.93 bits per heavy atom. The molecule has 0 saturated heterocycles. The van der Waals surface area contributed by atoms with Crippen LogP contribution in [0, 0.1) is 13.8 Å². The molecular weight excluding hydrogens is 394 g/mol. The van der Waals surface area contributed by atoms with Crippen molar-refractivity contribution in [3.05, 3.63) is 69.5 Å². The van der Waals surface area contributed by atoms with E-state index in [1.54, 1.807) is 10.6 Å². The molecule has 0 unspecified atom stereocenters. The molecule has 1 heterocycles. The van der Waals surface area contributed by atoms with Gasteiger partial charge in [-0.05, 0) is 56.0 Å². The maximum atomic E-state index is 12.9. The molecule has 3 rings (SSSR count). The van der Waals surface area contributed by atoms with E-state index in [-0.39, 0.29) is 23.3 Å². The number of fused-ring (bicyclic) bond motifs is 1. The summed E-state index contributed by atoms with van der Waals surface area (Å²) in [5.41, 5.74) is 4.16. The van der Waals surface area contributed by atoms with Crippen molar-refractivity contribution in [2.75, 3.05) is 5.75 Å². The van der Waals surface area contributed by atoms with Gasteiger partial charge in [-0.1, -0.05) is 55.4 Å². The van der Waals surface area contributed by atoms with Crippen molar-refractivity contribution in [1.29, 1.82) is 0 Å². The molecule has 0 aliphatic rings. The van der Waals surface area contributed by atoms with E-state index in [9.17, 15) is 9.59 Å². The van der Waals surface area contributed by atoms with Crippen LogP contribution in [0.1, 0.15) is 49.4 Å². The zero-order chi connectivity index (χ0) is 21.7. The summed E-state index contributed by atoms with van der Waals surface area (Å²) in [6.07, 6.45) is 1.88. The maximum Gasteiger partial charge on any atom is 0.262 e. The molecule has 1 aromatic heterocycles. The van der Waals surface area contributed by atoms with Gasteiger partial charge < -0.3 is 5.32 Å². The molecule has 1 atom stereocenters. The minimum Gasteiger partial charge on any atom is -0.349 e. The highest BCUT2D eigenvalue weighted by Gasteiger charge is 2.15. The molecule has 0 spiro atoms. The van der Waals surface area contributed by atoms with E-state index < -0.39 is 0 Å². The average molecular weight is 424 g/mol. The molecule has 6 heteroatoms. The van der Waals surface area contributed by atoms with Crippen molar-refractivity contribution >= 4 is 28.6 Å². The number of rotatable bonds is 8. The van der Waals surface area contributed by atoms with Crippen molar-refractivity contribution in [3.63, 3.8) is 0 Å². The Hall–Kier alpha value is -2.60. The van der Waals surface area contributed by atoms with Crippen LogP contribution < -0.4 is 10.9 Å². The molecule has 0 radical (unpaired) electrons. The summed E-state index contributed by atoms with van der Waals surface area (Å²) in [6, 6.07) is 13.5. The van der Waals surface area contributed by atoms with Gasteiger partial charge in [-0.15, -0.1) is 0 Å². The Bertz CT molecular complexity index is 1110. The van der Waals surface area contributed by atoms with Gasteiger partial charge in [0.1, 0.15) is 0 Å². The number of nitrogens with one attached hydrogen (secondary N) is 1. The first kappa shape index (κ1) is 22.1. The van der Waals surface area contributed by atoms with Gasteiger partial charge in [-0.3, -0.25) is 14.2 Å². The van der Waals surface area contributed by atoms with Crippen LogP contribution in [0.4, 0.5) is 0 Å². The highest BCUT2D eigenvalue weighted by Crippen LogP contribution is 2.20. The second-order valence-corrected chi connectivity index (χ2v) is 8.59. The van der Waals surface area contributed by atoms with E-state index in [1.807, 2.05) is 31.2 Å². The molecule has 158 valence electrons. The van der Waals surface area contributed by atoms with Gasteiger partial charge in [0, 0.05) is 6.54 Å². The fourth-order valence-corrected chi connectivity index (χ4v) is 4.14. The largest absolute Gasteiger partial charge is 0.349 e. The standard InChI is InChI=1S/C24H29N3O2S/c1-5-6-13-27-23(29)20-9-7-8-10-21(20)26-24(27)30-15-22(28)25-18(4)19-12-11-16(2)17(3)14-19/h7-12,14,18H,5-6,13,15H2,1-4H3,(H,25,28)/t18-/m0/s1. The van der Waals surface area contributed by atoms with Gasteiger partial charge in [-0.2, -0.15) is 0 Å². The number of amides is 1. The third-order valence-corrected chi connectivity index (χ3v) is 6.28. The Balaban J connectivity index is 1.74. The SMILES string of the molecule is CCCCn1c(SCC(=O)N[C@@H](C)c2ccc(C)c(C)c2)nc2ccccc2c1=O. The number of carbonyl (C=O) groups excluding carboxylic acids is 1. The van der Waals surface area contributed by atoms with Gasteiger partial charge in [0.15, 0.2) is 5.16 Å². The molecule has 0 aliphatic heterocycles. The predicted octanol–water partition coefficient (Wildman–Crippen LogP) is 4.78. The number of unbranched alkanes of at least 4 members (excludes halogenated alkanes) is 1. The number of hydrogen-bond donors (Lipinski definition) is 1. The van der Waals surface area contributed by atoms with Gasteiger partial charge in [0.25, 0.3) is 5.56 Å². The van der Waals surface area contributed by atoms with Crippen molar-refractivity contribution in [1.82, 2.24) is 14.9 Å². The van der Waals surface area contributed by atoms with Gasteiger partial charge in [0.05, 0.1) is 22.7 Å². The number of nitrogens with zero attached hydrogens (tertiary/aromatic N) is 2. The van der Waals surface area contributed by atoms with E-state index in [0.717, 1.165) is 18.4 Å². The van der Waals surface area contributed by atoms with Crippen LogP contribution in [0.25, 0.3) is 10.9 Å². The number of aromatic nitrogens is 2. The minimum absolute atomic E-state index is 0.0412. The first-order valence-corrected chi connectivity index (χ1v) is 11.4. The van der Waals surface area contributed by atoms with Crippen LogP contribution in [0.3, 0.4) is 0 Å². The summed E-state index contributed by atoms with van der Waals surface area (Å²) in [4.78, 5) is 30.2. The lowest BCUT2D eigenvalue weighted by Gasteiger charge is -2.16. The summed E-state index contributed by atoms with van der Waals surface area (Å²) in [7, 11) is 0. The molecule has 0 saturated carbocycles. The summed E-state index contributed by atoms with van der Waals surface area (Å²) in [5, 5.41) is 4.27. The number of aryl methyl sites for hydroxylation is 2. The Morgan fingerprint density at radius 3 is 2.67 bits per heavy atom. The molecule has 1 amide bonds. The first-order chi connectivity index (χ1) is 14.4. The zero-order valence-electron chi connectivity index (χ0n) is 18.1. The second-order valence-electron chi connectivity index (χ2n) is 7.64. The zero-order valence-corrected chi connectivity index (χ0v) is 18.9. The maximum absolute atomic E-state index is 12.9. The topological polar surface area (TPSA) is 64.0 Å². The Kier molecular flexibility index (Phi) is 7.32. The molecule has 5 nitrogen and oxygen atoms in total. The first-order valence-electron chi connectivity index (χ1n) is 10.4. The summed E-state index contributed by atoms with van der Waals surface area (Å²) in [6.45, 7) is 8.83. The van der Waals surface area contributed by atoms with E-state index >= 15 is 0 Å². The minimum atomic E-state index is -0.0794. The summed E-state index contributed by atoms with van der Waals surface area (Å²) < 4.78 is 1.70.